The van der Waals surface area contributed by atoms with Gasteiger partial charge in [0.15, 0.2) is 5.15 Å². The highest BCUT2D eigenvalue weighted by atomic mass is 79.9. The Bertz CT molecular complexity index is 806. The first-order valence-electron chi connectivity index (χ1n) is 8.02. The summed E-state index contributed by atoms with van der Waals surface area (Å²) in [7, 11) is 1.47. The number of aromatic nitrogens is 3. The zero-order valence-electron chi connectivity index (χ0n) is 14.3. The number of ether oxygens (including phenoxy) is 1. The second kappa shape index (κ2) is 5.99. The van der Waals surface area contributed by atoms with Crippen LogP contribution in [-0.2, 0) is 14.9 Å². The number of rotatable bonds is 3. The van der Waals surface area contributed by atoms with E-state index in [-0.39, 0.29) is 17.3 Å². The number of esters is 1. The van der Waals surface area contributed by atoms with Gasteiger partial charge in [0.05, 0.1) is 12.5 Å². The van der Waals surface area contributed by atoms with E-state index in [1.807, 2.05) is 10.6 Å². The predicted molar refractivity (Wildman–Crippen MR) is 96.2 cm³/mol. The van der Waals surface area contributed by atoms with E-state index < -0.39 is 5.41 Å². The molecule has 130 valence electrons. The summed E-state index contributed by atoms with van der Waals surface area (Å²) in [6.45, 7) is 6.34. The van der Waals surface area contributed by atoms with Gasteiger partial charge in [0, 0.05) is 17.8 Å². The van der Waals surface area contributed by atoms with Crippen LogP contribution in [0.3, 0.4) is 0 Å². The van der Waals surface area contributed by atoms with Gasteiger partial charge in [-0.2, -0.15) is 0 Å². The molecule has 0 saturated heterocycles. The third-order valence-corrected chi connectivity index (χ3v) is 6.36. The molecule has 1 saturated carbocycles. The Labute approximate surface area is 154 Å². The van der Waals surface area contributed by atoms with E-state index >= 15 is 0 Å². The van der Waals surface area contributed by atoms with E-state index in [4.69, 9.17) is 21.3 Å². The number of fused-ring (bicyclic) bond motifs is 1. The van der Waals surface area contributed by atoms with Crippen molar-refractivity contribution in [3.05, 3.63) is 28.0 Å². The van der Waals surface area contributed by atoms with Crippen LogP contribution in [0.4, 0.5) is 0 Å². The van der Waals surface area contributed by atoms with E-state index in [2.05, 4.69) is 41.7 Å². The molecular formula is C17H21BrClN3O2. The minimum atomic E-state index is -0.474. The fraction of sp³-hybridized carbons (Fsp3) is 0.588. The van der Waals surface area contributed by atoms with Gasteiger partial charge in [0.2, 0.25) is 0 Å². The summed E-state index contributed by atoms with van der Waals surface area (Å²) in [5.41, 5.74) is 0.0481. The van der Waals surface area contributed by atoms with Gasteiger partial charge in [-0.1, -0.05) is 32.4 Å². The largest absolute Gasteiger partial charge is 0.469 e. The Balaban J connectivity index is 2.11. The first-order chi connectivity index (χ1) is 11.2. The van der Waals surface area contributed by atoms with Crippen LogP contribution in [0, 0.1) is 11.3 Å². The molecule has 2 aromatic rings. The maximum absolute atomic E-state index is 12.5. The highest BCUT2D eigenvalue weighted by Gasteiger charge is 2.55. The Morgan fingerprint density at radius 2 is 2.17 bits per heavy atom. The van der Waals surface area contributed by atoms with Crippen LogP contribution >= 0.6 is 27.5 Å². The molecule has 2 aromatic heterocycles. The summed E-state index contributed by atoms with van der Waals surface area (Å²) in [5.74, 6) is 0.979. The summed E-state index contributed by atoms with van der Waals surface area (Å²) >= 11 is 9.72. The van der Waals surface area contributed by atoms with Crippen molar-refractivity contribution in [2.45, 2.75) is 45.4 Å². The normalized spacial score (nSPS) is 27.1. The van der Waals surface area contributed by atoms with Crippen LogP contribution in [0.5, 0.6) is 0 Å². The molecule has 1 fully saturated rings. The second-order valence-electron chi connectivity index (χ2n) is 7.20. The second-order valence-corrected chi connectivity index (χ2v) is 8.31. The predicted octanol–water partition coefficient (Wildman–Crippen LogP) is 4.40. The van der Waals surface area contributed by atoms with Crippen LogP contribution in [0.15, 0.2) is 17.0 Å². The molecule has 7 heteroatoms. The first kappa shape index (κ1) is 17.7. The topological polar surface area (TPSA) is 56.5 Å². The first-order valence-corrected chi connectivity index (χ1v) is 9.19. The SMILES string of the molecule is COC(=O)[C@]1(C(C)C)CC[C@@](C)(c2nc(Br)c3c(Cl)nccn23)C1. The minimum absolute atomic E-state index is 0.124. The van der Waals surface area contributed by atoms with Crippen molar-refractivity contribution in [3.63, 3.8) is 0 Å². The molecule has 5 nitrogen and oxygen atoms in total. The zero-order valence-corrected chi connectivity index (χ0v) is 16.6. The van der Waals surface area contributed by atoms with Crippen molar-refractivity contribution in [2.75, 3.05) is 7.11 Å². The molecule has 1 aliphatic carbocycles. The Morgan fingerprint density at radius 1 is 1.46 bits per heavy atom. The number of methoxy groups -OCH3 is 1. The third-order valence-electron chi connectivity index (χ3n) is 5.53. The van der Waals surface area contributed by atoms with Crippen LogP contribution in [0.25, 0.3) is 5.52 Å². The summed E-state index contributed by atoms with van der Waals surface area (Å²) in [6.07, 6.45) is 5.90. The molecule has 0 aromatic carbocycles. The van der Waals surface area contributed by atoms with Crippen molar-refractivity contribution in [1.29, 1.82) is 0 Å². The molecule has 24 heavy (non-hydrogen) atoms. The highest BCUT2D eigenvalue weighted by molar-refractivity contribution is 9.10. The lowest BCUT2D eigenvalue weighted by Crippen LogP contribution is -2.37. The number of carbonyl (C=O) groups excluding carboxylic acids is 1. The molecule has 0 unspecified atom stereocenters. The number of carbonyl (C=O) groups is 1. The lowest BCUT2D eigenvalue weighted by molar-refractivity contribution is -0.155. The van der Waals surface area contributed by atoms with E-state index in [0.29, 0.717) is 16.2 Å². The maximum atomic E-state index is 12.5. The smallest absolute Gasteiger partial charge is 0.312 e. The van der Waals surface area contributed by atoms with Crippen molar-refractivity contribution in [3.8, 4) is 0 Å². The van der Waals surface area contributed by atoms with Crippen molar-refractivity contribution in [2.24, 2.45) is 11.3 Å². The molecular weight excluding hydrogens is 394 g/mol. The van der Waals surface area contributed by atoms with Gasteiger partial charge in [0.25, 0.3) is 0 Å². The van der Waals surface area contributed by atoms with Gasteiger partial charge < -0.3 is 4.74 Å². The standard InChI is InChI=1S/C17H21BrClN3O2/c1-10(2)17(15(23)24-4)6-5-16(3,9-17)14-21-12(18)11-13(19)20-7-8-22(11)14/h7-8,10H,5-6,9H2,1-4H3/t16-,17-/m1/s1. The molecule has 2 heterocycles. The van der Waals surface area contributed by atoms with Gasteiger partial charge >= 0.3 is 5.97 Å². The van der Waals surface area contributed by atoms with Crippen LogP contribution in [0.2, 0.25) is 5.15 Å². The third kappa shape index (κ3) is 2.46. The molecule has 0 bridgehead atoms. The lowest BCUT2D eigenvalue weighted by atomic mass is 9.72. The van der Waals surface area contributed by atoms with Crippen LogP contribution in [0.1, 0.15) is 45.9 Å². The highest BCUT2D eigenvalue weighted by Crippen LogP contribution is 2.55. The molecule has 2 atom stereocenters. The minimum Gasteiger partial charge on any atom is -0.469 e. The average molecular weight is 415 g/mol. The molecule has 0 radical (unpaired) electrons. The quantitative estimate of drug-likeness (QED) is 0.698. The van der Waals surface area contributed by atoms with Crippen molar-refractivity contribution < 1.29 is 9.53 Å². The van der Waals surface area contributed by atoms with Crippen molar-refractivity contribution >= 4 is 39.0 Å². The van der Waals surface area contributed by atoms with E-state index in [9.17, 15) is 4.79 Å². The molecule has 3 rings (SSSR count). The molecule has 0 amide bonds. The number of nitrogens with zero attached hydrogens (tertiary/aromatic N) is 3. The van der Waals surface area contributed by atoms with Crippen LogP contribution in [-0.4, -0.2) is 27.4 Å². The lowest BCUT2D eigenvalue weighted by Gasteiger charge is -2.32. The Morgan fingerprint density at radius 3 is 2.79 bits per heavy atom. The molecule has 0 N–H and O–H groups in total. The summed E-state index contributed by atoms with van der Waals surface area (Å²) in [4.78, 5) is 21.4. The fourth-order valence-electron chi connectivity index (χ4n) is 4.06. The number of imidazole rings is 1. The zero-order chi connectivity index (χ0) is 17.7. The van der Waals surface area contributed by atoms with Gasteiger partial charge in [-0.15, -0.1) is 0 Å². The Hall–Kier alpha value is -1.14. The van der Waals surface area contributed by atoms with Gasteiger partial charge in [-0.3, -0.25) is 9.20 Å². The average Bonchev–Trinajstić information content (AvgIpc) is 3.08. The van der Waals surface area contributed by atoms with Crippen molar-refractivity contribution in [1.82, 2.24) is 14.4 Å². The van der Waals surface area contributed by atoms with Crippen LogP contribution < -0.4 is 0 Å². The maximum Gasteiger partial charge on any atom is 0.312 e. The van der Waals surface area contributed by atoms with Gasteiger partial charge in [-0.25, -0.2) is 9.97 Å². The monoisotopic (exact) mass is 413 g/mol. The summed E-state index contributed by atoms with van der Waals surface area (Å²) < 4.78 is 7.79. The van der Waals surface area contributed by atoms with E-state index in [1.54, 1.807) is 6.20 Å². The van der Waals surface area contributed by atoms with E-state index in [0.717, 1.165) is 24.2 Å². The number of hydrogen-bond donors (Lipinski definition) is 0. The summed E-state index contributed by atoms with van der Waals surface area (Å²) in [6, 6.07) is 0. The van der Waals surface area contributed by atoms with Gasteiger partial charge in [-0.05, 0) is 41.1 Å². The number of hydrogen-bond acceptors (Lipinski definition) is 4. The molecule has 0 spiro atoms. The van der Waals surface area contributed by atoms with E-state index in [1.165, 1.54) is 7.11 Å². The van der Waals surface area contributed by atoms with Gasteiger partial charge in [0.1, 0.15) is 15.9 Å². The molecule has 1 aliphatic rings. The Kier molecular flexibility index (Phi) is 4.41. The fourth-order valence-corrected chi connectivity index (χ4v) is 4.95. The number of halogens is 2. The summed E-state index contributed by atoms with van der Waals surface area (Å²) in [5, 5.41) is 0.410. The molecule has 0 aliphatic heterocycles.